The first-order valence-electron chi connectivity index (χ1n) is 5.48. The first kappa shape index (κ1) is 10.1. The molecule has 0 aromatic heterocycles. The third-order valence-electron chi connectivity index (χ3n) is 2.76. The van der Waals surface area contributed by atoms with Crippen LogP contribution in [0.5, 0.6) is 0 Å². The van der Waals surface area contributed by atoms with Crippen molar-refractivity contribution in [3.8, 4) is 0 Å². The van der Waals surface area contributed by atoms with E-state index in [0.717, 1.165) is 32.3 Å². The van der Waals surface area contributed by atoms with E-state index in [9.17, 15) is 5.11 Å². The highest BCUT2D eigenvalue weighted by molar-refractivity contribution is 4.99. The summed E-state index contributed by atoms with van der Waals surface area (Å²) in [4.78, 5) is 0. The normalized spacial score (nSPS) is 38.5. The number of hydrogen-bond acceptors (Lipinski definition) is 3. The van der Waals surface area contributed by atoms with Gasteiger partial charge in [-0.05, 0) is 32.1 Å². The smallest absolute Gasteiger partial charge is 0.158 e. The van der Waals surface area contributed by atoms with Crippen LogP contribution < -0.4 is 0 Å². The number of aliphatic hydroxyl groups is 1. The maximum atomic E-state index is 9.26. The van der Waals surface area contributed by atoms with Crippen LogP contribution in [0.3, 0.4) is 0 Å². The lowest BCUT2D eigenvalue weighted by atomic mass is 10.0. The molecule has 1 saturated heterocycles. The van der Waals surface area contributed by atoms with Crippen molar-refractivity contribution in [3.05, 3.63) is 12.2 Å². The molecule has 1 N–H and O–H groups in total. The fourth-order valence-electron chi connectivity index (χ4n) is 1.91. The van der Waals surface area contributed by atoms with Gasteiger partial charge in [0.25, 0.3) is 0 Å². The van der Waals surface area contributed by atoms with Crippen LogP contribution in [-0.2, 0) is 9.47 Å². The summed E-state index contributed by atoms with van der Waals surface area (Å²) < 4.78 is 11.2. The summed E-state index contributed by atoms with van der Waals surface area (Å²) in [6.45, 7) is 0.823. The third-order valence-corrected chi connectivity index (χ3v) is 2.76. The van der Waals surface area contributed by atoms with Crippen LogP contribution in [0.15, 0.2) is 12.2 Å². The molecule has 0 aromatic rings. The van der Waals surface area contributed by atoms with Gasteiger partial charge in [-0.25, -0.2) is 0 Å². The Bertz CT molecular complexity index is 197. The van der Waals surface area contributed by atoms with Gasteiger partial charge in [0, 0.05) is 6.61 Å². The third kappa shape index (κ3) is 2.80. The number of hydrogen-bond donors (Lipinski definition) is 1. The zero-order valence-corrected chi connectivity index (χ0v) is 8.39. The van der Waals surface area contributed by atoms with Gasteiger partial charge in [0.15, 0.2) is 6.29 Å². The number of aliphatic hydroxyl groups excluding tert-OH is 1. The van der Waals surface area contributed by atoms with Gasteiger partial charge in [0.05, 0.1) is 12.2 Å². The highest BCUT2D eigenvalue weighted by atomic mass is 16.7. The molecule has 3 nitrogen and oxygen atoms in total. The van der Waals surface area contributed by atoms with Crippen LogP contribution in [0.25, 0.3) is 0 Å². The van der Waals surface area contributed by atoms with Crippen LogP contribution in [0.4, 0.5) is 0 Å². The van der Waals surface area contributed by atoms with Gasteiger partial charge in [0.2, 0.25) is 0 Å². The molecular formula is C11H18O3. The van der Waals surface area contributed by atoms with E-state index in [1.54, 1.807) is 0 Å². The first-order chi connectivity index (χ1) is 6.84. The summed E-state index contributed by atoms with van der Waals surface area (Å²) in [5, 5.41) is 9.26. The van der Waals surface area contributed by atoms with Crippen molar-refractivity contribution in [2.24, 2.45) is 0 Å². The van der Waals surface area contributed by atoms with Crippen molar-refractivity contribution in [2.45, 2.75) is 50.6 Å². The van der Waals surface area contributed by atoms with Crippen molar-refractivity contribution in [2.75, 3.05) is 6.61 Å². The van der Waals surface area contributed by atoms with E-state index in [4.69, 9.17) is 9.47 Å². The molecule has 1 aliphatic heterocycles. The lowest BCUT2D eigenvalue weighted by Gasteiger charge is -2.28. The van der Waals surface area contributed by atoms with Crippen LogP contribution in [-0.4, -0.2) is 30.2 Å². The summed E-state index contributed by atoms with van der Waals surface area (Å²) in [7, 11) is 0. The molecule has 0 amide bonds. The van der Waals surface area contributed by atoms with E-state index in [0.29, 0.717) is 0 Å². The van der Waals surface area contributed by atoms with Crippen LogP contribution in [0, 0.1) is 0 Å². The molecule has 1 unspecified atom stereocenters. The van der Waals surface area contributed by atoms with Gasteiger partial charge in [-0.1, -0.05) is 12.2 Å². The Kier molecular flexibility index (Phi) is 3.56. The summed E-state index contributed by atoms with van der Waals surface area (Å²) in [6.07, 6.45) is 8.67. The second-order valence-electron chi connectivity index (χ2n) is 4.00. The molecule has 0 bridgehead atoms. The lowest BCUT2D eigenvalue weighted by Crippen LogP contribution is -2.29. The fourth-order valence-corrected chi connectivity index (χ4v) is 1.91. The van der Waals surface area contributed by atoms with Crippen molar-refractivity contribution in [1.82, 2.24) is 0 Å². The van der Waals surface area contributed by atoms with Gasteiger partial charge >= 0.3 is 0 Å². The van der Waals surface area contributed by atoms with Gasteiger partial charge in [-0.15, -0.1) is 0 Å². The van der Waals surface area contributed by atoms with E-state index in [1.807, 2.05) is 12.2 Å². The van der Waals surface area contributed by atoms with Crippen LogP contribution in [0.1, 0.15) is 32.1 Å². The van der Waals surface area contributed by atoms with Gasteiger partial charge in [-0.2, -0.15) is 0 Å². The molecule has 1 aliphatic carbocycles. The Morgan fingerprint density at radius 1 is 1.14 bits per heavy atom. The van der Waals surface area contributed by atoms with Crippen LogP contribution >= 0.6 is 0 Å². The lowest BCUT2D eigenvalue weighted by molar-refractivity contribution is -0.181. The van der Waals surface area contributed by atoms with Gasteiger partial charge in [-0.3, -0.25) is 0 Å². The molecule has 0 aromatic carbocycles. The Morgan fingerprint density at radius 2 is 2.07 bits per heavy atom. The van der Waals surface area contributed by atoms with Crippen molar-refractivity contribution < 1.29 is 14.6 Å². The summed E-state index contributed by atoms with van der Waals surface area (Å²) in [5.41, 5.74) is 0. The maximum Gasteiger partial charge on any atom is 0.158 e. The zero-order valence-electron chi connectivity index (χ0n) is 8.39. The first-order valence-corrected chi connectivity index (χ1v) is 5.48. The standard InChI is InChI=1S/C11H18O3/c12-9-4-6-10(7-5-9)14-11-3-1-2-8-13-11/h4,6,9-12H,1-3,5,7-8H2/t9-,10+,11?/m1/s1. The summed E-state index contributed by atoms with van der Waals surface area (Å²) in [5.74, 6) is 0. The second kappa shape index (κ2) is 4.91. The topological polar surface area (TPSA) is 38.7 Å². The average Bonchev–Trinajstić information content (AvgIpc) is 2.23. The molecule has 0 spiro atoms. The summed E-state index contributed by atoms with van der Waals surface area (Å²) in [6, 6.07) is 0. The van der Waals surface area contributed by atoms with Gasteiger partial charge in [0.1, 0.15) is 0 Å². The van der Waals surface area contributed by atoms with E-state index < -0.39 is 0 Å². The number of rotatable bonds is 2. The molecule has 2 aliphatic rings. The monoisotopic (exact) mass is 198 g/mol. The Hall–Kier alpha value is -0.380. The van der Waals surface area contributed by atoms with Crippen molar-refractivity contribution in [1.29, 1.82) is 0 Å². The maximum absolute atomic E-state index is 9.26. The molecule has 1 fully saturated rings. The molecule has 2 rings (SSSR count). The second-order valence-corrected chi connectivity index (χ2v) is 4.00. The van der Waals surface area contributed by atoms with Crippen molar-refractivity contribution >= 4 is 0 Å². The van der Waals surface area contributed by atoms with E-state index >= 15 is 0 Å². The zero-order chi connectivity index (χ0) is 9.80. The molecule has 3 heteroatoms. The van der Waals surface area contributed by atoms with E-state index in [2.05, 4.69) is 0 Å². The average molecular weight is 198 g/mol. The van der Waals surface area contributed by atoms with E-state index in [-0.39, 0.29) is 18.5 Å². The highest BCUT2D eigenvalue weighted by Gasteiger charge is 2.20. The minimum atomic E-state index is -0.276. The molecule has 80 valence electrons. The Morgan fingerprint density at radius 3 is 2.71 bits per heavy atom. The highest BCUT2D eigenvalue weighted by Crippen LogP contribution is 2.20. The quantitative estimate of drug-likeness (QED) is 0.685. The molecule has 0 radical (unpaired) electrons. The molecule has 14 heavy (non-hydrogen) atoms. The molecule has 3 atom stereocenters. The Labute approximate surface area is 84.7 Å². The SMILES string of the molecule is O[C@@H]1C=C[C@H](OC2CCCCO2)CC1. The van der Waals surface area contributed by atoms with Crippen LogP contribution in [0.2, 0.25) is 0 Å². The number of ether oxygens (including phenoxy) is 2. The predicted molar refractivity (Wildman–Crippen MR) is 52.8 cm³/mol. The molecular weight excluding hydrogens is 180 g/mol. The predicted octanol–water partition coefficient (Wildman–Crippen LogP) is 1.61. The minimum absolute atomic E-state index is 0.0198. The van der Waals surface area contributed by atoms with Gasteiger partial charge < -0.3 is 14.6 Å². The fraction of sp³-hybridized carbons (Fsp3) is 0.818. The minimum Gasteiger partial charge on any atom is -0.389 e. The molecule has 0 saturated carbocycles. The molecule has 1 heterocycles. The summed E-state index contributed by atoms with van der Waals surface area (Å²) >= 11 is 0. The van der Waals surface area contributed by atoms with Crippen molar-refractivity contribution in [3.63, 3.8) is 0 Å². The van der Waals surface area contributed by atoms with E-state index in [1.165, 1.54) is 6.42 Å². The Balaban J connectivity index is 1.76. The largest absolute Gasteiger partial charge is 0.389 e.